The Morgan fingerprint density at radius 3 is 1.41 bits per heavy atom. The number of nitrogens with zero attached hydrogens (tertiary/aromatic N) is 7. The number of para-hydroxylation sites is 6. The van der Waals surface area contributed by atoms with Gasteiger partial charge in [0.25, 0.3) is 5.84 Å². The zero-order valence-electron chi connectivity index (χ0n) is 55.6. The summed E-state index contributed by atoms with van der Waals surface area (Å²) in [6, 6.07) is 48.0. The second-order valence-electron chi connectivity index (χ2n) is 17.4. The van der Waals surface area contributed by atoms with Gasteiger partial charge in [0.15, 0.2) is 0 Å². The molecule has 0 saturated carbocycles. The smallest absolute Gasteiger partial charge is 0.324 e. The second kappa shape index (κ2) is 38.6. The summed E-state index contributed by atoms with van der Waals surface area (Å²) >= 11 is 0. The summed E-state index contributed by atoms with van der Waals surface area (Å²) < 4.78 is 11.4. The lowest BCUT2D eigenvalue weighted by Gasteiger charge is -2.38. The number of aromatic nitrogens is 4. The van der Waals surface area contributed by atoms with E-state index in [1.54, 1.807) is 0 Å². The van der Waals surface area contributed by atoms with Gasteiger partial charge in [0.2, 0.25) is 0 Å². The maximum absolute atomic E-state index is 2.51. The third kappa shape index (κ3) is 16.2. The van der Waals surface area contributed by atoms with E-state index < -0.39 is 0 Å². The third-order valence-electron chi connectivity index (χ3n) is 13.4. The minimum atomic E-state index is 0.383. The molecule has 3 aliphatic rings. The number of aryl methyl sites for hydroxylation is 5. The van der Waals surface area contributed by atoms with Crippen molar-refractivity contribution in [1.82, 2.24) is 18.6 Å². The predicted molar refractivity (Wildman–Crippen MR) is 365 cm³/mol. The SMILES string of the molecule is CC.CC.CC.CC.CC.CC.CC.CC.CC.Cc1cccc2c3ccccc3n(-c3n(C)cc[n+]3C)c12.Cc1cccc2c3ccccc3n(C3=[N+](C)C=CCC3)c12.Cc1ccccc1N1c2ccccc2C2C=CCN(C)C21. The highest BCUT2D eigenvalue weighted by molar-refractivity contribution is 6.14. The largest absolute Gasteiger partial charge is 0.369 e. The third-order valence-corrected chi connectivity index (χ3v) is 13.4. The zero-order valence-corrected chi connectivity index (χ0v) is 55.6. The quantitative estimate of drug-likeness (QED) is 0.127. The highest BCUT2D eigenvalue weighted by atomic mass is 15.4. The molecule has 2 unspecified atom stereocenters. The number of hydrogen-bond acceptors (Lipinski definition) is 2. The van der Waals surface area contributed by atoms with E-state index in [0.717, 1.165) is 25.3 Å². The summed E-state index contributed by atoms with van der Waals surface area (Å²) in [6.07, 6.45) is 15.8. The van der Waals surface area contributed by atoms with Gasteiger partial charge in [0, 0.05) is 45.4 Å². The summed E-state index contributed by atoms with van der Waals surface area (Å²) in [5.74, 6) is 2.98. The topological polar surface area (TPSA) is 28.2 Å². The van der Waals surface area contributed by atoms with Gasteiger partial charge in [-0.3, -0.25) is 4.90 Å². The van der Waals surface area contributed by atoms with Gasteiger partial charge >= 0.3 is 5.95 Å². The molecular formula is C74H111N7+2. The summed E-state index contributed by atoms with van der Waals surface area (Å²) in [5.41, 5.74) is 13.2. The molecule has 0 bridgehead atoms. The molecule has 0 amide bonds. The number of hydrogen-bond donors (Lipinski definition) is 0. The van der Waals surface area contributed by atoms with Crippen molar-refractivity contribution < 1.29 is 9.14 Å². The molecule has 12 rings (SSSR count). The Hall–Kier alpha value is -6.96. The van der Waals surface area contributed by atoms with E-state index in [-0.39, 0.29) is 0 Å². The Morgan fingerprint density at radius 1 is 0.457 bits per heavy atom. The van der Waals surface area contributed by atoms with E-state index in [9.17, 15) is 0 Å². The molecule has 440 valence electrons. The Bertz CT molecular complexity index is 3260. The lowest BCUT2D eigenvalue weighted by Crippen LogP contribution is -2.46. The van der Waals surface area contributed by atoms with E-state index >= 15 is 0 Å². The fourth-order valence-electron chi connectivity index (χ4n) is 10.4. The molecule has 3 aliphatic heterocycles. The van der Waals surface area contributed by atoms with Gasteiger partial charge < -0.3 is 4.90 Å². The fraction of sp³-hybridized carbons (Fsp3) is 0.405. The first-order valence-electron chi connectivity index (χ1n) is 31.3. The molecule has 3 aromatic heterocycles. The number of rotatable bonds is 2. The number of benzene rings is 6. The van der Waals surface area contributed by atoms with Crippen LogP contribution in [0.1, 0.15) is 166 Å². The van der Waals surface area contributed by atoms with Crippen LogP contribution in [0, 0.1) is 20.8 Å². The summed E-state index contributed by atoms with van der Waals surface area (Å²) in [4.78, 5) is 4.95. The van der Waals surface area contributed by atoms with E-state index in [4.69, 9.17) is 0 Å². The van der Waals surface area contributed by atoms with Crippen molar-refractivity contribution in [2.45, 2.75) is 170 Å². The number of fused-ring (bicyclic) bond motifs is 9. The summed E-state index contributed by atoms with van der Waals surface area (Å²) in [7, 11) is 8.55. The molecule has 0 fully saturated rings. The van der Waals surface area contributed by atoms with Crippen LogP contribution in [0.25, 0.3) is 49.6 Å². The number of allylic oxidation sites excluding steroid dienone is 1. The maximum atomic E-state index is 2.51. The normalized spacial score (nSPS) is 13.9. The lowest BCUT2D eigenvalue weighted by atomic mass is 9.95. The molecule has 0 N–H and O–H groups in total. The van der Waals surface area contributed by atoms with Gasteiger partial charge in [-0.2, -0.15) is 9.13 Å². The van der Waals surface area contributed by atoms with Crippen molar-refractivity contribution in [1.29, 1.82) is 0 Å². The Balaban J connectivity index is 0.000000532. The monoisotopic (exact) mass is 1100 g/mol. The molecule has 7 heteroatoms. The lowest BCUT2D eigenvalue weighted by molar-refractivity contribution is -0.664. The van der Waals surface area contributed by atoms with E-state index in [1.165, 1.54) is 83.1 Å². The van der Waals surface area contributed by atoms with Gasteiger partial charge in [0.1, 0.15) is 22.1 Å². The van der Waals surface area contributed by atoms with Crippen molar-refractivity contribution in [2.75, 3.05) is 25.5 Å². The number of likely N-dealkylation sites (N-methyl/N-ethyl adjacent to an activating group) is 1. The van der Waals surface area contributed by atoms with Gasteiger partial charge in [-0.15, -0.1) is 0 Å². The molecule has 2 atom stereocenters. The first kappa shape index (κ1) is 72.1. The molecule has 0 aliphatic carbocycles. The van der Waals surface area contributed by atoms with Crippen LogP contribution in [0.2, 0.25) is 0 Å². The average molecular weight is 1100 g/mol. The van der Waals surface area contributed by atoms with E-state index in [1.807, 2.05) is 125 Å². The predicted octanol–water partition coefficient (Wildman–Crippen LogP) is 20.8. The molecule has 81 heavy (non-hydrogen) atoms. The highest BCUT2D eigenvalue weighted by Crippen LogP contribution is 2.48. The first-order valence-corrected chi connectivity index (χ1v) is 31.3. The van der Waals surface area contributed by atoms with Crippen LogP contribution >= 0.6 is 0 Å². The second-order valence-corrected chi connectivity index (χ2v) is 17.4. The Labute approximate surface area is 494 Å². The fourth-order valence-corrected chi connectivity index (χ4v) is 10.4. The van der Waals surface area contributed by atoms with Crippen molar-refractivity contribution in [3.05, 3.63) is 193 Å². The molecule has 6 heterocycles. The number of imidazole rings is 1. The summed E-state index contributed by atoms with van der Waals surface area (Å²) in [6.45, 7) is 43.6. The minimum Gasteiger partial charge on any atom is -0.324 e. The van der Waals surface area contributed by atoms with Crippen LogP contribution in [0.15, 0.2) is 170 Å². The van der Waals surface area contributed by atoms with Gasteiger partial charge in [-0.05, 0) is 99.0 Å². The molecule has 6 aromatic carbocycles. The van der Waals surface area contributed by atoms with Gasteiger partial charge in [-0.25, -0.2) is 13.7 Å². The molecule has 9 aromatic rings. The molecule has 0 saturated heterocycles. The van der Waals surface area contributed by atoms with Crippen LogP contribution < -0.4 is 9.47 Å². The van der Waals surface area contributed by atoms with Crippen molar-refractivity contribution in [3.8, 4) is 5.95 Å². The average Bonchev–Trinajstić information content (AvgIpc) is 4.30. The van der Waals surface area contributed by atoms with Crippen LogP contribution in [0.4, 0.5) is 11.4 Å². The Kier molecular flexibility index (Phi) is 34.4. The maximum Gasteiger partial charge on any atom is 0.369 e. The van der Waals surface area contributed by atoms with Gasteiger partial charge in [-0.1, -0.05) is 234 Å². The molecule has 0 radical (unpaired) electrons. The standard InChI is InChI=1S/C19H20N2.C19H19N2.C18H18N3.9C2H6/c1-14-8-3-5-11-17(14)21-18-12-6-4-9-15(18)16-10-7-13-20(2)19(16)21;1-14-8-7-10-16-15-9-3-4-11-17(15)21(19(14)16)18-12-5-6-13-20(18)2;1-13-7-6-9-15-14-8-4-5-10-16(14)21(17(13)15)18-19(2)11-12-20(18)3;9*1-2/h3-12,16,19H,13H2,1-2H3;3-4,6-11,13H,5,12H2,1-2H3;4-12H,1-3H3;9*1-2H3/q;2*+1;;;;;;;;;. The minimum absolute atomic E-state index is 0.383. The van der Waals surface area contributed by atoms with E-state index in [2.05, 4.69) is 252 Å². The molecule has 7 nitrogen and oxygen atoms in total. The first-order chi connectivity index (χ1) is 39.7. The number of anilines is 2. The molecule has 0 spiro atoms. The summed E-state index contributed by atoms with van der Waals surface area (Å²) in [5, 5.41) is 5.30. The van der Waals surface area contributed by atoms with Gasteiger partial charge in [0.05, 0.1) is 52.3 Å². The van der Waals surface area contributed by atoms with Crippen molar-refractivity contribution in [3.63, 3.8) is 0 Å². The van der Waals surface area contributed by atoms with Crippen LogP contribution in [0.5, 0.6) is 0 Å². The van der Waals surface area contributed by atoms with Crippen LogP contribution in [-0.2, 0) is 14.1 Å². The van der Waals surface area contributed by atoms with Crippen molar-refractivity contribution in [2.24, 2.45) is 14.1 Å². The van der Waals surface area contributed by atoms with Crippen LogP contribution in [-0.4, -0.2) is 55.8 Å². The zero-order chi connectivity index (χ0) is 61.4. The molecular weight excluding hydrogens is 987 g/mol. The van der Waals surface area contributed by atoms with Crippen molar-refractivity contribution >= 4 is 60.8 Å². The van der Waals surface area contributed by atoms with E-state index in [0.29, 0.717) is 12.1 Å². The highest BCUT2D eigenvalue weighted by Gasteiger charge is 2.41. The Morgan fingerprint density at radius 2 is 0.901 bits per heavy atom. The van der Waals surface area contributed by atoms with Crippen LogP contribution in [0.3, 0.4) is 0 Å².